The van der Waals surface area contributed by atoms with Crippen LogP contribution < -0.4 is 0 Å². The van der Waals surface area contributed by atoms with Crippen molar-refractivity contribution in [2.75, 3.05) is 0 Å². The molecule has 3 aromatic carbocycles. The van der Waals surface area contributed by atoms with Crippen LogP contribution in [0.5, 0.6) is 0 Å². The van der Waals surface area contributed by atoms with Gasteiger partial charge in [-0.3, -0.25) is 14.9 Å². The minimum Gasteiger partial charge on any atom is -0.267 e. The third-order valence-corrected chi connectivity index (χ3v) is 6.16. The van der Waals surface area contributed by atoms with Gasteiger partial charge in [-0.05, 0) is 30.3 Å². The van der Waals surface area contributed by atoms with E-state index in [9.17, 15) is 23.3 Å². The van der Waals surface area contributed by atoms with E-state index in [4.69, 9.17) is 0 Å². The van der Waals surface area contributed by atoms with E-state index in [0.29, 0.717) is 11.0 Å². The molecule has 4 rings (SSSR count). The summed E-state index contributed by atoms with van der Waals surface area (Å²) in [6.07, 6.45) is 0. The van der Waals surface area contributed by atoms with Crippen LogP contribution in [-0.2, 0) is 9.84 Å². The zero-order chi connectivity index (χ0) is 20.6. The van der Waals surface area contributed by atoms with Gasteiger partial charge in [-0.2, -0.15) is 4.68 Å². The number of carbonyl (C=O) groups excluding carboxylic acids is 1. The average molecular weight is 408 g/mol. The molecule has 4 aromatic rings. The van der Waals surface area contributed by atoms with Gasteiger partial charge >= 0.3 is 0 Å². The van der Waals surface area contributed by atoms with E-state index in [1.165, 1.54) is 36.4 Å². The number of aromatic nitrogens is 3. The average Bonchev–Trinajstić information content (AvgIpc) is 3.17. The summed E-state index contributed by atoms with van der Waals surface area (Å²) >= 11 is 0. The van der Waals surface area contributed by atoms with Gasteiger partial charge in [0.25, 0.3) is 11.6 Å². The summed E-state index contributed by atoms with van der Waals surface area (Å²) in [4.78, 5) is 22.8. The summed E-state index contributed by atoms with van der Waals surface area (Å²) < 4.78 is 27.4. The van der Waals surface area contributed by atoms with Crippen molar-refractivity contribution < 1.29 is 18.1 Å². The number of carbonyl (C=O) groups is 1. The van der Waals surface area contributed by atoms with Crippen molar-refractivity contribution in [2.24, 2.45) is 0 Å². The van der Waals surface area contributed by atoms with Crippen molar-refractivity contribution in [3.05, 3.63) is 88.5 Å². The summed E-state index contributed by atoms with van der Waals surface area (Å²) in [5, 5.41) is 19.0. The smallest absolute Gasteiger partial charge is 0.267 e. The second-order valence-electron chi connectivity index (χ2n) is 6.02. The molecule has 0 fully saturated rings. The van der Waals surface area contributed by atoms with Crippen molar-refractivity contribution in [1.82, 2.24) is 15.0 Å². The molecular formula is C19H12N4O5S. The lowest BCUT2D eigenvalue weighted by atomic mass is 10.2. The lowest BCUT2D eigenvalue weighted by Crippen LogP contribution is -2.18. The van der Waals surface area contributed by atoms with E-state index in [1.54, 1.807) is 24.3 Å². The molecule has 0 spiro atoms. The number of nitro benzene ring substituents is 1. The Labute approximate surface area is 164 Å². The summed E-state index contributed by atoms with van der Waals surface area (Å²) in [6, 6.07) is 17.2. The molecule has 1 aromatic heterocycles. The fourth-order valence-corrected chi connectivity index (χ4v) is 4.58. The highest BCUT2D eigenvalue weighted by molar-refractivity contribution is 7.91. The van der Waals surface area contributed by atoms with Gasteiger partial charge in [0.05, 0.1) is 20.9 Å². The number of hydrogen-bond acceptors (Lipinski definition) is 7. The summed E-state index contributed by atoms with van der Waals surface area (Å²) in [5.74, 6) is -0.712. The molecule has 1 heterocycles. The molecule has 10 heteroatoms. The van der Waals surface area contributed by atoms with Crippen LogP contribution >= 0.6 is 0 Å². The van der Waals surface area contributed by atoms with Gasteiger partial charge in [0, 0.05) is 6.07 Å². The molecule has 0 aliphatic carbocycles. The van der Waals surface area contributed by atoms with Crippen molar-refractivity contribution in [2.45, 2.75) is 9.79 Å². The number of nitrogens with zero attached hydrogens (tertiary/aromatic N) is 4. The first-order valence-electron chi connectivity index (χ1n) is 8.34. The van der Waals surface area contributed by atoms with Gasteiger partial charge in [-0.15, -0.1) is 5.10 Å². The second-order valence-corrected chi connectivity index (χ2v) is 7.91. The molecule has 0 bridgehead atoms. The molecular weight excluding hydrogens is 396 g/mol. The minimum atomic E-state index is -4.36. The van der Waals surface area contributed by atoms with Gasteiger partial charge < -0.3 is 0 Å². The lowest BCUT2D eigenvalue weighted by molar-refractivity contribution is -0.387. The summed E-state index contributed by atoms with van der Waals surface area (Å²) in [6.45, 7) is 0. The molecule has 0 saturated carbocycles. The fraction of sp³-hybridized carbons (Fsp3) is 0. The Morgan fingerprint density at radius 1 is 0.897 bits per heavy atom. The molecule has 0 amide bonds. The predicted molar refractivity (Wildman–Crippen MR) is 102 cm³/mol. The molecule has 0 atom stereocenters. The maximum atomic E-state index is 13.2. The zero-order valence-electron chi connectivity index (χ0n) is 14.7. The third kappa shape index (κ3) is 3.05. The molecule has 0 saturated heterocycles. The van der Waals surface area contributed by atoms with Crippen molar-refractivity contribution >= 4 is 32.5 Å². The van der Waals surface area contributed by atoms with Crippen LogP contribution in [0.15, 0.2) is 82.6 Å². The van der Waals surface area contributed by atoms with Crippen LogP contribution in [0.1, 0.15) is 10.4 Å². The highest BCUT2D eigenvalue weighted by Gasteiger charge is 2.31. The summed E-state index contributed by atoms with van der Waals surface area (Å²) in [7, 11) is -4.36. The zero-order valence-corrected chi connectivity index (χ0v) is 15.5. The highest BCUT2D eigenvalue weighted by atomic mass is 32.2. The van der Waals surface area contributed by atoms with Gasteiger partial charge in [0.15, 0.2) is 0 Å². The minimum absolute atomic E-state index is 0.165. The predicted octanol–water partition coefficient (Wildman–Crippen LogP) is 2.86. The van der Waals surface area contributed by atoms with Crippen LogP contribution in [-0.4, -0.2) is 34.2 Å². The number of hydrogen-bond donors (Lipinski definition) is 0. The Kier molecular flexibility index (Phi) is 4.40. The Balaban J connectivity index is 1.90. The standard InChI is InChI=1S/C19H12N4O5S/c24-19(22-15-9-3-2-8-14(15)20-21-22)13-7-1-5-11-17(13)29(27,28)18-12-6-4-10-16(18)23(25)26/h1-12H. The molecule has 0 aliphatic heterocycles. The molecule has 0 N–H and O–H groups in total. The maximum Gasteiger partial charge on any atom is 0.288 e. The van der Waals surface area contributed by atoms with Crippen LogP contribution in [0.4, 0.5) is 5.69 Å². The van der Waals surface area contributed by atoms with Gasteiger partial charge in [-0.1, -0.05) is 41.6 Å². The fourth-order valence-electron chi connectivity index (χ4n) is 2.96. The van der Waals surface area contributed by atoms with Gasteiger partial charge in [0.1, 0.15) is 10.4 Å². The number of rotatable bonds is 4. The third-order valence-electron chi connectivity index (χ3n) is 4.30. The monoisotopic (exact) mass is 408 g/mol. The van der Waals surface area contributed by atoms with Crippen LogP contribution in [0, 0.1) is 10.1 Å². The highest BCUT2D eigenvalue weighted by Crippen LogP contribution is 2.31. The normalized spacial score (nSPS) is 11.4. The van der Waals surface area contributed by atoms with Crippen molar-refractivity contribution in [3.63, 3.8) is 0 Å². The number of sulfone groups is 1. The number of fused-ring (bicyclic) bond motifs is 1. The number of nitro groups is 1. The van der Waals surface area contributed by atoms with E-state index in [2.05, 4.69) is 10.3 Å². The van der Waals surface area contributed by atoms with Crippen molar-refractivity contribution in [3.8, 4) is 0 Å². The number of benzene rings is 3. The molecule has 9 nitrogen and oxygen atoms in total. The van der Waals surface area contributed by atoms with E-state index in [1.807, 2.05) is 0 Å². The van der Waals surface area contributed by atoms with E-state index >= 15 is 0 Å². The topological polar surface area (TPSA) is 125 Å². The first-order valence-corrected chi connectivity index (χ1v) is 9.82. The van der Waals surface area contributed by atoms with E-state index < -0.39 is 31.3 Å². The van der Waals surface area contributed by atoms with Crippen LogP contribution in [0.25, 0.3) is 11.0 Å². The Hall–Kier alpha value is -3.92. The van der Waals surface area contributed by atoms with Gasteiger partial charge in [-0.25, -0.2) is 8.42 Å². The Morgan fingerprint density at radius 2 is 1.52 bits per heavy atom. The molecule has 0 radical (unpaired) electrons. The van der Waals surface area contributed by atoms with E-state index in [0.717, 1.165) is 16.8 Å². The maximum absolute atomic E-state index is 13.2. The first-order chi connectivity index (χ1) is 13.9. The summed E-state index contributed by atoms with van der Waals surface area (Å²) in [5.41, 5.74) is 0.150. The second kappa shape index (κ2) is 6.91. The molecule has 0 aliphatic rings. The van der Waals surface area contributed by atoms with Gasteiger partial charge in [0.2, 0.25) is 9.84 Å². The molecule has 0 unspecified atom stereocenters. The van der Waals surface area contributed by atoms with E-state index in [-0.39, 0.29) is 10.5 Å². The quantitative estimate of drug-likeness (QED) is 0.375. The number of para-hydroxylation sites is 2. The Bertz CT molecular complexity index is 1380. The van der Waals surface area contributed by atoms with Crippen LogP contribution in [0.2, 0.25) is 0 Å². The first kappa shape index (κ1) is 18.4. The molecule has 29 heavy (non-hydrogen) atoms. The van der Waals surface area contributed by atoms with Crippen LogP contribution in [0.3, 0.4) is 0 Å². The molecule has 144 valence electrons. The lowest BCUT2D eigenvalue weighted by Gasteiger charge is -2.10. The Morgan fingerprint density at radius 3 is 2.28 bits per heavy atom. The SMILES string of the molecule is O=C(c1ccccc1S(=O)(=O)c1ccccc1[N+](=O)[O-])n1nnc2ccccc21. The van der Waals surface area contributed by atoms with Crippen molar-refractivity contribution in [1.29, 1.82) is 0 Å². The largest absolute Gasteiger partial charge is 0.288 e.